The number of nitro groups is 1. The Morgan fingerprint density at radius 3 is 2.57 bits per heavy atom. The molecule has 8 heteroatoms. The minimum absolute atomic E-state index is 0.0173. The quantitative estimate of drug-likeness (QED) is 0.449. The molecule has 8 nitrogen and oxygen atoms in total. The van der Waals surface area contributed by atoms with Crippen LogP contribution in [0.25, 0.3) is 6.08 Å². The van der Waals surface area contributed by atoms with E-state index in [9.17, 15) is 14.9 Å². The van der Waals surface area contributed by atoms with Gasteiger partial charge in [0.1, 0.15) is 0 Å². The molecule has 1 heterocycles. The van der Waals surface area contributed by atoms with E-state index in [1.54, 1.807) is 0 Å². The molecule has 0 radical (unpaired) electrons. The summed E-state index contributed by atoms with van der Waals surface area (Å²) in [6.07, 6.45) is 2.70. The van der Waals surface area contributed by atoms with Crippen LogP contribution in [0, 0.1) is 10.1 Å². The molecule has 28 heavy (non-hydrogen) atoms. The Hall–Kier alpha value is -3.39. The molecule has 0 aliphatic carbocycles. The third-order valence-corrected chi connectivity index (χ3v) is 4.20. The fourth-order valence-electron chi connectivity index (χ4n) is 2.91. The lowest BCUT2D eigenvalue weighted by Gasteiger charge is -2.22. The van der Waals surface area contributed by atoms with Crippen LogP contribution in [-0.2, 0) is 4.79 Å². The van der Waals surface area contributed by atoms with Crippen molar-refractivity contribution in [1.82, 2.24) is 10.2 Å². The van der Waals surface area contributed by atoms with Crippen molar-refractivity contribution >= 4 is 17.7 Å². The summed E-state index contributed by atoms with van der Waals surface area (Å²) in [4.78, 5) is 25.2. The molecule has 1 atom stereocenters. The Labute approximate surface area is 162 Å². The molecule has 1 amide bonds. The Kier molecular flexibility index (Phi) is 5.90. The van der Waals surface area contributed by atoms with Crippen LogP contribution < -0.4 is 14.8 Å². The van der Waals surface area contributed by atoms with Gasteiger partial charge in [-0.15, -0.1) is 0 Å². The Morgan fingerprint density at radius 2 is 1.93 bits per heavy atom. The van der Waals surface area contributed by atoms with Gasteiger partial charge in [-0.2, -0.15) is 0 Å². The highest BCUT2D eigenvalue weighted by atomic mass is 16.7. The number of rotatable bonds is 7. The van der Waals surface area contributed by atoms with Gasteiger partial charge >= 0.3 is 0 Å². The molecule has 3 rings (SSSR count). The molecule has 0 spiro atoms. The van der Waals surface area contributed by atoms with E-state index in [1.807, 2.05) is 49.3 Å². The Morgan fingerprint density at radius 1 is 1.25 bits per heavy atom. The predicted octanol–water partition coefficient (Wildman–Crippen LogP) is 2.76. The zero-order valence-corrected chi connectivity index (χ0v) is 15.6. The Bertz CT molecular complexity index is 896. The number of nitrogens with one attached hydrogen (secondary N) is 1. The SMILES string of the molecule is CN(C)C[C@@H](NC(=O)/C=C/c1cc2c(cc1[N+](=O)[O-])OCO2)c1ccccc1. The number of amides is 1. The molecule has 146 valence electrons. The van der Waals surface area contributed by atoms with Crippen molar-refractivity contribution in [3.8, 4) is 11.5 Å². The number of hydrogen-bond donors (Lipinski definition) is 1. The second-order valence-electron chi connectivity index (χ2n) is 6.59. The molecular formula is C20H21N3O5. The highest BCUT2D eigenvalue weighted by molar-refractivity contribution is 5.92. The van der Waals surface area contributed by atoms with Gasteiger partial charge in [0.05, 0.1) is 22.6 Å². The molecule has 2 aromatic carbocycles. The number of ether oxygens (including phenoxy) is 2. The van der Waals surface area contributed by atoms with Gasteiger partial charge in [0.15, 0.2) is 11.5 Å². The standard InChI is InChI=1S/C20H21N3O5/c1-22(2)12-16(14-6-4-3-5-7-14)21-20(24)9-8-15-10-18-19(28-13-27-18)11-17(15)23(25)26/h3-11,16H,12-13H2,1-2H3,(H,21,24)/b9-8+/t16-/m1/s1. The van der Waals surface area contributed by atoms with Crippen molar-refractivity contribution in [3.63, 3.8) is 0 Å². The maximum Gasteiger partial charge on any atom is 0.280 e. The third kappa shape index (κ3) is 4.66. The minimum atomic E-state index is -0.516. The molecule has 0 saturated heterocycles. The zero-order chi connectivity index (χ0) is 20.1. The summed E-state index contributed by atoms with van der Waals surface area (Å²) < 4.78 is 10.4. The molecule has 0 unspecified atom stereocenters. The smallest absolute Gasteiger partial charge is 0.280 e. The number of hydrogen-bond acceptors (Lipinski definition) is 6. The number of nitro benzene ring substituents is 1. The van der Waals surface area contributed by atoms with Gasteiger partial charge in [-0.25, -0.2) is 0 Å². The number of likely N-dealkylation sites (N-methyl/N-ethyl adjacent to an activating group) is 1. The van der Waals surface area contributed by atoms with Gasteiger partial charge in [-0.05, 0) is 31.8 Å². The van der Waals surface area contributed by atoms with Crippen LogP contribution in [0.5, 0.6) is 11.5 Å². The molecule has 0 saturated carbocycles. The average molecular weight is 383 g/mol. The number of carbonyl (C=O) groups is 1. The van der Waals surface area contributed by atoms with Gasteiger partial charge in [-0.3, -0.25) is 14.9 Å². The second kappa shape index (κ2) is 8.53. The van der Waals surface area contributed by atoms with Gasteiger partial charge < -0.3 is 19.7 Å². The third-order valence-electron chi connectivity index (χ3n) is 4.20. The van der Waals surface area contributed by atoms with Crippen LogP contribution in [0.15, 0.2) is 48.5 Å². The molecule has 1 aliphatic rings. The van der Waals surface area contributed by atoms with E-state index in [-0.39, 0.29) is 30.0 Å². The van der Waals surface area contributed by atoms with Crippen LogP contribution in [0.3, 0.4) is 0 Å². The van der Waals surface area contributed by atoms with Crippen LogP contribution in [0.4, 0.5) is 5.69 Å². The number of carbonyl (C=O) groups excluding carboxylic acids is 1. The highest BCUT2D eigenvalue weighted by Gasteiger charge is 2.22. The summed E-state index contributed by atoms with van der Waals surface area (Å²) in [5.74, 6) is 0.395. The maximum absolute atomic E-state index is 12.5. The van der Waals surface area contributed by atoms with Crippen molar-refractivity contribution in [2.75, 3.05) is 27.4 Å². The van der Waals surface area contributed by atoms with Crippen molar-refractivity contribution in [2.24, 2.45) is 0 Å². The van der Waals surface area contributed by atoms with Gasteiger partial charge in [0.2, 0.25) is 12.7 Å². The fraction of sp³-hybridized carbons (Fsp3) is 0.250. The van der Waals surface area contributed by atoms with Crippen molar-refractivity contribution in [1.29, 1.82) is 0 Å². The summed E-state index contributed by atoms with van der Waals surface area (Å²) >= 11 is 0. The van der Waals surface area contributed by atoms with Crippen LogP contribution in [0.1, 0.15) is 17.2 Å². The summed E-state index contributed by atoms with van der Waals surface area (Å²) in [7, 11) is 3.85. The maximum atomic E-state index is 12.5. The van der Waals surface area contributed by atoms with Crippen molar-refractivity contribution < 1.29 is 19.2 Å². The number of benzene rings is 2. The first-order valence-corrected chi connectivity index (χ1v) is 8.70. The largest absolute Gasteiger partial charge is 0.454 e. The first kappa shape index (κ1) is 19.4. The van der Waals surface area contributed by atoms with E-state index in [0.717, 1.165) is 5.56 Å². The van der Waals surface area contributed by atoms with Gasteiger partial charge in [0, 0.05) is 12.6 Å². The Balaban J connectivity index is 1.78. The summed E-state index contributed by atoms with van der Waals surface area (Å²) in [5, 5.41) is 14.3. The summed E-state index contributed by atoms with van der Waals surface area (Å²) in [6, 6.07) is 12.2. The molecule has 0 aromatic heterocycles. The number of nitrogens with zero attached hydrogens (tertiary/aromatic N) is 2. The monoisotopic (exact) mass is 383 g/mol. The van der Waals surface area contributed by atoms with E-state index in [4.69, 9.17) is 9.47 Å². The van der Waals surface area contributed by atoms with Crippen LogP contribution >= 0.6 is 0 Å². The average Bonchev–Trinajstić information content (AvgIpc) is 3.12. The first-order valence-electron chi connectivity index (χ1n) is 8.70. The highest BCUT2D eigenvalue weighted by Crippen LogP contribution is 2.38. The molecule has 0 bridgehead atoms. The van der Waals surface area contributed by atoms with E-state index in [2.05, 4.69) is 5.32 Å². The van der Waals surface area contributed by atoms with E-state index in [1.165, 1.54) is 24.3 Å². The predicted molar refractivity (Wildman–Crippen MR) is 104 cm³/mol. The molecular weight excluding hydrogens is 362 g/mol. The topological polar surface area (TPSA) is 93.9 Å². The van der Waals surface area contributed by atoms with E-state index in [0.29, 0.717) is 18.0 Å². The second-order valence-corrected chi connectivity index (χ2v) is 6.59. The van der Waals surface area contributed by atoms with Crippen molar-refractivity contribution in [3.05, 3.63) is 69.8 Å². The van der Waals surface area contributed by atoms with E-state index >= 15 is 0 Å². The van der Waals surface area contributed by atoms with Gasteiger partial charge in [-0.1, -0.05) is 30.3 Å². The van der Waals surface area contributed by atoms with E-state index < -0.39 is 4.92 Å². The number of fused-ring (bicyclic) bond motifs is 1. The summed E-state index contributed by atoms with van der Waals surface area (Å²) in [5.41, 5.74) is 1.10. The van der Waals surface area contributed by atoms with Crippen molar-refractivity contribution in [2.45, 2.75) is 6.04 Å². The fourth-order valence-corrected chi connectivity index (χ4v) is 2.91. The first-order chi connectivity index (χ1) is 13.4. The zero-order valence-electron chi connectivity index (χ0n) is 15.6. The lowest BCUT2D eigenvalue weighted by molar-refractivity contribution is -0.385. The molecule has 0 fully saturated rings. The van der Waals surface area contributed by atoms with Crippen LogP contribution in [-0.4, -0.2) is 43.2 Å². The molecule has 2 aromatic rings. The lowest BCUT2D eigenvalue weighted by Crippen LogP contribution is -2.34. The minimum Gasteiger partial charge on any atom is -0.454 e. The summed E-state index contributed by atoms with van der Waals surface area (Å²) in [6.45, 7) is 0.636. The molecule has 1 aliphatic heterocycles. The lowest BCUT2D eigenvalue weighted by atomic mass is 10.1. The van der Waals surface area contributed by atoms with Gasteiger partial charge in [0.25, 0.3) is 5.69 Å². The normalized spacial score (nSPS) is 13.7. The van der Waals surface area contributed by atoms with Crippen LogP contribution in [0.2, 0.25) is 0 Å². The molecule has 1 N–H and O–H groups in total.